The summed E-state index contributed by atoms with van der Waals surface area (Å²) in [6.07, 6.45) is 1.03. The Balaban J connectivity index is 2.61. The highest BCUT2D eigenvalue weighted by Gasteiger charge is 1.99. The minimum absolute atomic E-state index is 0.468. The van der Waals surface area contributed by atoms with Crippen LogP contribution in [0.5, 0.6) is 0 Å². The number of hydrogen-bond acceptors (Lipinski definition) is 2. The minimum Gasteiger partial charge on any atom is -0.358 e. The zero-order valence-electron chi connectivity index (χ0n) is 8.21. The molecule has 0 spiro atoms. The monoisotopic (exact) mass is 209 g/mol. The van der Waals surface area contributed by atoms with Crippen molar-refractivity contribution in [2.75, 3.05) is 0 Å². The molecule has 0 aliphatic heterocycles. The van der Waals surface area contributed by atoms with Gasteiger partial charge in [0.2, 0.25) is 0 Å². The molecule has 14 heavy (non-hydrogen) atoms. The predicted octanol–water partition coefficient (Wildman–Crippen LogP) is 1.09. The first-order valence-corrected chi connectivity index (χ1v) is 5.00. The molecule has 0 fully saturated rings. The number of nitrogens with one attached hydrogen (secondary N) is 2. The Bertz CT molecular complexity index is 312. The van der Waals surface area contributed by atoms with Crippen molar-refractivity contribution in [3.05, 3.63) is 35.4 Å². The summed E-state index contributed by atoms with van der Waals surface area (Å²) in [5.74, 6) is 5.15. The Morgan fingerprint density at radius 3 is 2.57 bits per heavy atom. The first-order chi connectivity index (χ1) is 6.77. The lowest BCUT2D eigenvalue weighted by molar-refractivity contribution is 0.853. The van der Waals surface area contributed by atoms with Gasteiger partial charge in [0.05, 0.1) is 0 Å². The van der Waals surface area contributed by atoms with Crippen molar-refractivity contribution in [2.24, 2.45) is 5.84 Å². The highest BCUT2D eigenvalue weighted by molar-refractivity contribution is 7.80. The van der Waals surface area contributed by atoms with Gasteiger partial charge >= 0.3 is 0 Å². The summed E-state index contributed by atoms with van der Waals surface area (Å²) in [7, 11) is 0. The van der Waals surface area contributed by atoms with Gasteiger partial charge < -0.3 is 10.7 Å². The molecule has 0 saturated heterocycles. The molecule has 76 valence electrons. The van der Waals surface area contributed by atoms with Crippen LogP contribution in [-0.4, -0.2) is 5.11 Å². The number of hydrogen-bond donors (Lipinski definition) is 3. The van der Waals surface area contributed by atoms with E-state index in [1.54, 1.807) is 0 Å². The molecule has 0 aliphatic rings. The van der Waals surface area contributed by atoms with Crippen LogP contribution in [-0.2, 0) is 13.0 Å². The highest BCUT2D eigenvalue weighted by atomic mass is 32.1. The molecule has 1 aromatic rings. The molecule has 0 saturated carbocycles. The van der Waals surface area contributed by atoms with Crippen LogP contribution in [0.25, 0.3) is 0 Å². The van der Waals surface area contributed by atoms with Gasteiger partial charge in [0.25, 0.3) is 0 Å². The summed E-state index contributed by atoms with van der Waals surface area (Å²) < 4.78 is 0. The van der Waals surface area contributed by atoms with E-state index in [2.05, 4.69) is 29.8 Å². The minimum atomic E-state index is 0.468. The fraction of sp³-hybridized carbons (Fsp3) is 0.300. The van der Waals surface area contributed by atoms with E-state index in [0.717, 1.165) is 6.42 Å². The Kier molecular flexibility index (Phi) is 4.35. The normalized spacial score (nSPS) is 9.57. The third kappa shape index (κ3) is 2.97. The van der Waals surface area contributed by atoms with E-state index in [1.807, 2.05) is 12.1 Å². The van der Waals surface area contributed by atoms with Crippen LogP contribution in [0.3, 0.4) is 0 Å². The van der Waals surface area contributed by atoms with Crippen LogP contribution < -0.4 is 16.6 Å². The molecular formula is C10H15N3S. The molecule has 1 rings (SSSR count). The van der Waals surface area contributed by atoms with E-state index < -0.39 is 0 Å². The van der Waals surface area contributed by atoms with Crippen LogP contribution in [0.1, 0.15) is 18.1 Å². The maximum absolute atomic E-state index is 5.15. The largest absolute Gasteiger partial charge is 0.358 e. The third-order valence-corrected chi connectivity index (χ3v) is 2.33. The second-order valence-electron chi connectivity index (χ2n) is 2.95. The number of nitrogens with two attached hydrogens (primary N) is 1. The van der Waals surface area contributed by atoms with Gasteiger partial charge in [0.15, 0.2) is 5.11 Å². The summed E-state index contributed by atoms with van der Waals surface area (Å²) in [5.41, 5.74) is 4.98. The van der Waals surface area contributed by atoms with Crippen LogP contribution in [0.2, 0.25) is 0 Å². The molecule has 0 amide bonds. The van der Waals surface area contributed by atoms with Crippen molar-refractivity contribution in [3.63, 3.8) is 0 Å². The second-order valence-corrected chi connectivity index (χ2v) is 3.36. The van der Waals surface area contributed by atoms with Crippen molar-refractivity contribution in [1.82, 2.24) is 10.7 Å². The van der Waals surface area contributed by atoms with E-state index in [1.165, 1.54) is 11.1 Å². The SMILES string of the molecule is CCc1ccccc1CNC(=S)NN. The lowest BCUT2D eigenvalue weighted by atomic mass is 10.1. The van der Waals surface area contributed by atoms with Crippen molar-refractivity contribution in [2.45, 2.75) is 19.9 Å². The van der Waals surface area contributed by atoms with E-state index in [0.29, 0.717) is 11.7 Å². The topological polar surface area (TPSA) is 50.1 Å². The molecule has 0 unspecified atom stereocenters. The molecule has 0 bridgehead atoms. The Hall–Kier alpha value is -1.13. The maximum atomic E-state index is 5.15. The number of benzene rings is 1. The van der Waals surface area contributed by atoms with Crippen LogP contribution >= 0.6 is 12.2 Å². The molecule has 0 radical (unpaired) electrons. The lowest BCUT2D eigenvalue weighted by Crippen LogP contribution is -2.39. The fourth-order valence-electron chi connectivity index (χ4n) is 1.30. The summed E-state index contributed by atoms with van der Waals surface area (Å²) in [4.78, 5) is 0. The molecule has 4 heteroatoms. The van der Waals surface area contributed by atoms with Gasteiger partial charge in [-0.15, -0.1) is 0 Å². The molecule has 4 N–H and O–H groups in total. The Morgan fingerprint density at radius 1 is 1.36 bits per heavy atom. The smallest absolute Gasteiger partial charge is 0.180 e. The fourth-order valence-corrected chi connectivity index (χ4v) is 1.37. The quantitative estimate of drug-likeness (QED) is 0.396. The first kappa shape index (κ1) is 10.9. The maximum Gasteiger partial charge on any atom is 0.180 e. The van der Waals surface area contributed by atoms with E-state index in [-0.39, 0.29) is 0 Å². The first-order valence-electron chi connectivity index (χ1n) is 4.59. The van der Waals surface area contributed by atoms with Crippen LogP contribution in [0.4, 0.5) is 0 Å². The standard InChI is InChI=1S/C10H15N3S/c1-2-8-5-3-4-6-9(8)7-12-10(14)13-11/h3-6H,2,7,11H2,1H3,(H2,12,13,14). The van der Waals surface area contributed by atoms with Crippen molar-refractivity contribution < 1.29 is 0 Å². The molecule has 0 aliphatic carbocycles. The van der Waals surface area contributed by atoms with Gasteiger partial charge in [-0.25, -0.2) is 5.84 Å². The summed E-state index contributed by atoms with van der Waals surface area (Å²) in [6, 6.07) is 8.28. The number of hydrazine groups is 1. The van der Waals surface area contributed by atoms with Crippen molar-refractivity contribution >= 4 is 17.3 Å². The molecule has 0 atom stereocenters. The summed E-state index contributed by atoms with van der Waals surface area (Å²) in [5, 5.41) is 3.49. The van der Waals surface area contributed by atoms with Gasteiger partial charge in [-0.05, 0) is 29.8 Å². The average Bonchev–Trinajstić information content (AvgIpc) is 2.26. The highest BCUT2D eigenvalue weighted by Crippen LogP contribution is 2.08. The molecule has 3 nitrogen and oxygen atoms in total. The molecule has 0 aromatic heterocycles. The zero-order valence-corrected chi connectivity index (χ0v) is 9.03. The Labute approximate surface area is 89.7 Å². The number of thiocarbonyl (C=S) groups is 1. The van der Waals surface area contributed by atoms with E-state index >= 15 is 0 Å². The van der Waals surface area contributed by atoms with Crippen LogP contribution in [0, 0.1) is 0 Å². The van der Waals surface area contributed by atoms with Gasteiger partial charge in [0.1, 0.15) is 0 Å². The average molecular weight is 209 g/mol. The predicted molar refractivity (Wildman–Crippen MR) is 62.6 cm³/mol. The molecular weight excluding hydrogens is 194 g/mol. The molecule has 1 aromatic carbocycles. The Morgan fingerprint density at radius 2 is 2.00 bits per heavy atom. The molecule has 0 heterocycles. The van der Waals surface area contributed by atoms with E-state index in [9.17, 15) is 0 Å². The van der Waals surface area contributed by atoms with Crippen molar-refractivity contribution in [3.8, 4) is 0 Å². The van der Waals surface area contributed by atoms with Crippen LogP contribution in [0.15, 0.2) is 24.3 Å². The lowest BCUT2D eigenvalue weighted by Gasteiger charge is -2.10. The van der Waals surface area contributed by atoms with Gasteiger partial charge in [-0.3, -0.25) is 0 Å². The van der Waals surface area contributed by atoms with Gasteiger partial charge in [-0.2, -0.15) is 0 Å². The van der Waals surface area contributed by atoms with E-state index in [4.69, 9.17) is 18.1 Å². The zero-order chi connectivity index (χ0) is 10.4. The summed E-state index contributed by atoms with van der Waals surface area (Å²) >= 11 is 4.89. The summed E-state index contributed by atoms with van der Waals surface area (Å²) in [6.45, 7) is 2.85. The van der Waals surface area contributed by atoms with Gasteiger partial charge in [-0.1, -0.05) is 31.2 Å². The third-order valence-electron chi connectivity index (χ3n) is 2.07. The number of rotatable bonds is 3. The second kappa shape index (κ2) is 5.57. The van der Waals surface area contributed by atoms with Crippen molar-refractivity contribution in [1.29, 1.82) is 0 Å². The van der Waals surface area contributed by atoms with Gasteiger partial charge in [0, 0.05) is 6.54 Å². The number of aryl methyl sites for hydroxylation is 1.